The summed E-state index contributed by atoms with van der Waals surface area (Å²) in [6, 6.07) is 18.5. The summed E-state index contributed by atoms with van der Waals surface area (Å²) in [7, 11) is 1.56. The van der Waals surface area contributed by atoms with Crippen LogP contribution in [0.3, 0.4) is 0 Å². The molecule has 0 aliphatic heterocycles. The number of fused-ring (bicyclic) bond motifs is 1. The van der Waals surface area contributed by atoms with Gasteiger partial charge in [0.25, 0.3) is 5.69 Å². The second-order valence-corrected chi connectivity index (χ2v) is 9.65. The number of nitro benzene ring substituents is 1. The molecule has 0 atom stereocenters. The highest BCUT2D eigenvalue weighted by molar-refractivity contribution is 9.10. The van der Waals surface area contributed by atoms with Gasteiger partial charge in [-0.2, -0.15) is 0 Å². The molecule has 0 saturated carbocycles. The first-order valence-electron chi connectivity index (χ1n) is 9.16. The minimum absolute atomic E-state index is 0.0500. The van der Waals surface area contributed by atoms with E-state index in [-0.39, 0.29) is 5.69 Å². The molecule has 156 valence electrons. The molecule has 0 saturated heterocycles. The van der Waals surface area contributed by atoms with Gasteiger partial charge in [-0.15, -0.1) is 11.3 Å². The summed E-state index contributed by atoms with van der Waals surface area (Å²) in [4.78, 5) is 19.9. The van der Waals surface area contributed by atoms with Crippen LogP contribution in [0.2, 0.25) is 0 Å². The Labute approximate surface area is 195 Å². The molecule has 6 nitrogen and oxygen atoms in total. The quantitative estimate of drug-likeness (QED) is 0.115. The molecule has 9 heteroatoms. The molecule has 0 unspecified atom stereocenters. The topological polar surface area (TPSA) is 77.6 Å². The molecule has 0 aliphatic carbocycles. The van der Waals surface area contributed by atoms with Crippen molar-refractivity contribution in [2.24, 2.45) is 4.99 Å². The fraction of sp³-hybridized carbons (Fsp3) is 0.0909. The number of thioether (sulfide) groups is 1. The summed E-state index contributed by atoms with van der Waals surface area (Å²) in [6.45, 7) is 0. The zero-order valence-corrected chi connectivity index (χ0v) is 19.5. The van der Waals surface area contributed by atoms with Crippen molar-refractivity contribution in [1.29, 1.82) is 0 Å². The standard InChI is InChI=1S/C22H16BrN3O3S2/c1-29-20-9-7-18(26(27)28)10-15(20)13-30-22-25-19-8-6-17(11-21(19)31-22)24-12-14-2-4-16(23)5-3-14/h2-12H,13H2,1H3. The van der Waals surface area contributed by atoms with E-state index in [4.69, 9.17) is 4.74 Å². The first-order valence-corrected chi connectivity index (χ1v) is 11.8. The second-order valence-electron chi connectivity index (χ2n) is 6.48. The number of aliphatic imine (C=N–C) groups is 1. The Morgan fingerprint density at radius 1 is 1.19 bits per heavy atom. The average molecular weight is 514 g/mol. The summed E-state index contributed by atoms with van der Waals surface area (Å²) < 4.78 is 8.30. The fourth-order valence-corrected chi connectivity index (χ4v) is 5.21. The van der Waals surface area contributed by atoms with E-state index in [1.165, 1.54) is 17.8 Å². The number of aromatic nitrogens is 1. The predicted octanol–water partition coefficient (Wildman–Crippen LogP) is 7.02. The van der Waals surface area contributed by atoms with Crippen molar-refractivity contribution < 1.29 is 9.66 Å². The molecule has 0 N–H and O–H groups in total. The number of nitro groups is 1. The first-order chi connectivity index (χ1) is 15.0. The van der Waals surface area contributed by atoms with Crippen LogP contribution in [0.25, 0.3) is 10.2 Å². The maximum atomic E-state index is 11.1. The van der Waals surface area contributed by atoms with Crippen molar-refractivity contribution >= 4 is 66.8 Å². The smallest absolute Gasteiger partial charge is 0.270 e. The number of nitrogens with zero attached hydrogens (tertiary/aromatic N) is 3. The van der Waals surface area contributed by atoms with E-state index in [0.29, 0.717) is 11.5 Å². The Hall–Kier alpha value is -2.75. The third-order valence-corrected chi connectivity index (χ3v) is 7.15. The van der Waals surface area contributed by atoms with Crippen molar-refractivity contribution in [2.75, 3.05) is 7.11 Å². The van der Waals surface area contributed by atoms with Gasteiger partial charge < -0.3 is 4.74 Å². The van der Waals surface area contributed by atoms with Gasteiger partial charge in [0.05, 0.1) is 27.9 Å². The number of ether oxygens (including phenoxy) is 1. The van der Waals surface area contributed by atoms with E-state index in [0.717, 1.165) is 35.8 Å². The lowest BCUT2D eigenvalue weighted by Crippen LogP contribution is -1.94. The number of methoxy groups -OCH3 is 1. The van der Waals surface area contributed by atoms with Crippen LogP contribution in [0.1, 0.15) is 11.1 Å². The number of non-ortho nitro benzene ring substituents is 1. The minimum Gasteiger partial charge on any atom is -0.496 e. The molecule has 1 aromatic heterocycles. The lowest BCUT2D eigenvalue weighted by molar-refractivity contribution is -0.384. The predicted molar refractivity (Wildman–Crippen MR) is 130 cm³/mol. The molecule has 0 fully saturated rings. The van der Waals surface area contributed by atoms with Gasteiger partial charge in [-0.05, 0) is 42.0 Å². The molecule has 4 aromatic rings. The van der Waals surface area contributed by atoms with Gasteiger partial charge in [0, 0.05) is 34.1 Å². The Morgan fingerprint density at radius 2 is 2.00 bits per heavy atom. The molecule has 0 bridgehead atoms. The van der Waals surface area contributed by atoms with Gasteiger partial charge in [-0.3, -0.25) is 15.1 Å². The number of halogens is 1. The maximum Gasteiger partial charge on any atom is 0.270 e. The molecule has 0 aliphatic rings. The van der Waals surface area contributed by atoms with Crippen molar-refractivity contribution in [2.45, 2.75) is 10.1 Å². The summed E-state index contributed by atoms with van der Waals surface area (Å²) >= 11 is 6.53. The average Bonchev–Trinajstić information content (AvgIpc) is 3.19. The Kier molecular flexibility index (Phi) is 6.64. The van der Waals surface area contributed by atoms with Crippen LogP contribution < -0.4 is 4.74 Å². The Morgan fingerprint density at radius 3 is 2.74 bits per heavy atom. The summed E-state index contributed by atoms with van der Waals surface area (Å²) in [6.07, 6.45) is 1.83. The van der Waals surface area contributed by atoms with Crippen molar-refractivity contribution in [1.82, 2.24) is 4.98 Å². The monoisotopic (exact) mass is 513 g/mol. The van der Waals surface area contributed by atoms with Crippen molar-refractivity contribution in [3.8, 4) is 5.75 Å². The van der Waals surface area contributed by atoms with Gasteiger partial charge >= 0.3 is 0 Å². The molecule has 1 heterocycles. The van der Waals surface area contributed by atoms with Crippen molar-refractivity contribution in [3.63, 3.8) is 0 Å². The Bertz CT molecular complexity index is 1270. The second kappa shape index (κ2) is 9.59. The van der Waals surface area contributed by atoms with Crippen LogP contribution in [0.4, 0.5) is 11.4 Å². The van der Waals surface area contributed by atoms with E-state index in [1.54, 1.807) is 30.6 Å². The Balaban J connectivity index is 1.50. The van der Waals surface area contributed by atoms with Crippen molar-refractivity contribution in [3.05, 3.63) is 86.4 Å². The minimum atomic E-state index is -0.401. The molecular formula is C22H16BrN3O3S2. The number of benzene rings is 3. The number of hydrogen-bond donors (Lipinski definition) is 0. The van der Waals surface area contributed by atoms with E-state index in [1.807, 2.05) is 48.7 Å². The number of hydrogen-bond acceptors (Lipinski definition) is 7. The first kappa shape index (κ1) is 21.5. The lowest BCUT2D eigenvalue weighted by Gasteiger charge is -2.06. The normalized spacial score (nSPS) is 11.3. The zero-order chi connectivity index (χ0) is 21.8. The van der Waals surface area contributed by atoms with Gasteiger partial charge in [0.15, 0.2) is 4.34 Å². The van der Waals surface area contributed by atoms with Crippen LogP contribution in [0, 0.1) is 10.1 Å². The molecule has 0 spiro atoms. The third kappa shape index (κ3) is 5.30. The molecule has 3 aromatic carbocycles. The fourth-order valence-electron chi connectivity index (χ4n) is 2.86. The van der Waals surface area contributed by atoms with E-state index >= 15 is 0 Å². The maximum absolute atomic E-state index is 11.1. The largest absolute Gasteiger partial charge is 0.496 e. The lowest BCUT2D eigenvalue weighted by atomic mass is 10.2. The van der Waals surface area contributed by atoms with Crippen LogP contribution in [0.5, 0.6) is 5.75 Å². The van der Waals surface area contributed by atoms with Gasteiger partial charge in [0.2, 0.25) is 0 Å². The molecular weight excluding hydrogens is 498 g/mol. The van der Waals surface area contributed by atoms with Crippen LogP contribution in [-0.2, 0) is 5.75 Å². The summed E-state index contributed by atoms with van der Waals surface area (Å²) in [5.41, 5.74) is 3.60. The highest BCUT2D eigenvalue weighted by Gasteiger charge is 2.13. The molecule has 4 rings (SSSR count). The van der Waals surface area contributed by atoms with Gasteiger partial charge in [-0.1, -0.05) is 39.8 Å². The van der Waals surface area contributed by atoms with Crippen LogP contribution >= 0.6 is 39.0 Å². The molecule has 0 amide bonds. The van der Waals surface area contributed by atoms with E-state index in [9.17, 15) is 10.1 Å². The zero-order valence-electron chi connectivity index (χ0n) is 16.3. The van der Waals surface area contributed by atoms with Crippen LogP contribution in [-0.4, -0.2) is 23.2 Å². The third-order valence-electron chi connectivity index (χ3n) is 4.41. The SMILES string of the molecule is COc1ccc([N+](=O)[O-])cc1CSc1nc2ccc(N=Cc3ccc(Br)cc3)cc2s1. The van der Waals surface area contributed by atoms with Crippen LogP contribution in [0.15, 0.2) is 74.5 Å². The van der Waals surface area contributed by atoms with E-state index in [2.05, 4.69) is 25.9 Å². The van der Waals surface area contributed by atoms with Gasteiger partial charge in [0.1, 0.15) is 5.75 Å². The highest BCUT2D eigenvalue weighted by Crippen LogP contribution is 2.36. The number of thiazole rings is 1. The van der Waals surface area contributed by atoms with E-state index < -0.39 is 4.92 Å². The van der Waals surface area contributed by atoms with Gasteiger partial charge in [-0.25, -0.2) is 4.98 Å². The summed E-state index contributed by atoms with van der Waals surface area (Å²) in [5, 5.41) is 11.1. The number of rotatable bonds is 7. The highest BCUT2D eigenvalue weighted by atomic mass is 79.9. The molecule has 0 radical (unpaired) electrons. The molecule has 31 heavy (non-hydrogen) atoms. The summed E-state index contributed by atoms with van der Waals surface area (Å²) in [5.74, 6) is 1.16.